The number of carboxylic acids is 1. The lowest BCUT2D eigenvalue weighted by molar-refractivity contribution is 0.0118. The Labute approximate surface area is 597 Å². The molecule has 8 rings (SSSR count). The number of sulfonamides is 2. The summed E-state index contributed by atoms with van der Waals surface area (Å²) < 4.78 is 92.8. The fourth-order valence-electron chi connectivity index (χ4n) is 11.3. The number of nitrogens with two attached hydrogens (primary N) is 1. The first-order chi connectivity index (χ1) is 45.6. The zero-order chi connectivity index (χ0) is 74.0. The van der Waals surface area contributed by atoms with E-state index < -0.39 is 76.6 Å². The molecule has 2 unspecified atom stereocenters. The molecule has 0 aromatic carbocycles. The van der Waals surface area contributed by atoms with E-state index in [1.807, 2.05) is 131 Å². The molecule has 2 saturated heterocycles. The maximum atomic E-state index is 14.7. The molecular formula is C70H94Br2F2N12O11S2. The number of primary sulfonamides is 1. The van der Waals surface area contributed by atoms with E-state index >= 15 is 0 Å². The number of amides is 3. The van der Waals surface area contributed by atoms with Crippen LogP contribution in [0.25, 0.3) is 0 Å². The third-order valence-corrected chi connectivity index (χ3v) is 19.1. The third kappa shape index (κ3) is 24.8. The highest BCUT2D eigenvalue weighted by atomic mass is 79.9. The van der Waals surface area contributed by atoms with Crippen molar-refractivity contribution >= 4 is 87.6 Å². The predicted molar refractivity (Wildman–Crippen MR) is 382 cm³/mol. The summed E-state index contributed by atoms with van der Waals surface area (Å²) in [6, 6.07) is 22.1. The van der Waals surface area contributed by atoms with Gasteiger partial charge in [0.2, 0.25) is 11.9 Å². The minimum Gasteiger partial charge on any atom is -0.478 e. The predicted octanol–water partition coefficient (Wildman–Crippen LogP) is 14.0. The Kier molecular flexibility index (Phi) is 26.5. The van der Waals surface area contributed by atoms with Crippen LogP contribution in [0.5, 0.6) is 0 Å². The number of likely N-dealkylation sites (tertiary alicyclic amines) is 2. The Balaban J connectivity index is 0.000000269. The van der Waals surface area contributed by atoms with Crippen LogP contribution in [-0.4, -0.2) is 133 Å². The third-order valence-electron chi connectivity index (χ3n) is 16.1. The van der Waals surface area contributed by atoms with Gasteiger partial charge < -0.3 is 35.0 Å². The zero-order valence-corrected chi connectivity index (χ0v) is 63.9. The molecule has 6 aromatic heterocycles. The minimum atomic E-state index is -4.46. The number of halogens is 4. The van der Waals surface area contributed by atoms with Crippen LogP contribution in [0.4, 0.5) is 30.0 Å². The molecule has 0 saturated carbocycles. The summed E-state index contributed by atoms with van der Waals surface area (Å²) in [5.74, 6) is -3.20. The highest BCUT2D eigenvalue weighted by Crippen LogP contribution is 2.39. The van der Waals surface area contributed by atoms with Crippen LogP contribution in [0.1, 0.15) is 193 Å². The maximum absolute atomic E-state index is 14.7. The van der Waals surface area contributed by atoms with Crippen molar-refractivity contribution in [3.05, 3.63) is 152 Å². The topological polar surface area (TPSA) is 321 Å². The van der Waals surface area contributed by atoms with Crippen LogP contribution in [0.3, 0.4) is 0 Å². The normalized spacial score (nSPS) is 16.8. The fraction of sp³-hybridized carbons (Fsp3) is 0.514. The van der Waals surface area contributed by atoms with Crippen molar-refractivity contribution in [2.45, 2.75) is 217 Å². The van der Waals surface area contributed by atoms with Gasteiger partial charge in [-0.25, -0.2) is 52.6 Å². The molecule has 2 fully saturated rings. The molecule has 0 spiro atoms. The second kappa shape index (κ2) is 32.5. The summed E-state index contributed by atoms with van der Waals surface area (Å²) in [5, 5.41) is 20.0. The smallest absolute Gasteiger partial charge is 0.410 e. The van der Waals surface area contributed by atoms with Crippen molar-refractivity contribution in [3.63, 3.8) is 0 Å². The van der Waals surface area contributed by atoms with Gasteiger partial charge in [-0.3, -0.25) is 14.8 Å². The van der Waals surface area contributed by atoms with E-state index in [0.29, 0.717) is 55.5 Å². The van der Waals surface area contributed by atoms with Gasteiger partial charge in [0, 0.05) is 104 Å². The lowest BCUT2D eigenvalue weighted by Crippen LogP contribution is -2.45. The van der Waals surface area contributed by atoms with Gasteiger partial charge in [0.1, 0.15) is 28.4 Å². The van der Waals surface area contributed by atoms with Crippen molar-refractivity contribution in [2.75, 3.05) is 23.7 Å². The molecule has 0 bridgehead atoms. The van der Waals surface area contributed by atoms with E-state index in [1.165, 1.54) is 42.5 Å². The summed E-state index contributed by atoms with van der Waals surface area (Å²) in [4.78, 5) is 77.7. The molecule has 4 atom stereocenters. The number of hydrogen-bond acceptors (Lipinski definition) is 18. The molecule has 23 nitrogen and oxygen atoms in total. The van der Waals surface area contributed by atoms with E-state index in [9.17, 15) is 44.8 Å². The molecule has 6 aromatic rings. The van der Waals surface area contributed by atoms with Gasteiger partial charge in [-0.05, 0) is 224 Å². The number of aromatic nitrogens is 6. The first-order valence-corrected chi connectivity index (χ1v) is 37.1. The quantitative estimate of drug-likeness (QED) is 0.0470. The van der Waals surface area contributed by atoms with Gasteiger partial charge in [-0.15, -0.1) is 0 Å². The average molecular weight is 1540 g/mol. The van der Waals surface area contributed by atoms with Gasteiger partial charge in [-0.2, -0.15) is 17.2 Å². The van der Waals surface area contributed by atoms with Crippen molar-refractivity contribution < 1.29 is 59.4 Å². The molecule has 2 aliphatic rings. The van der Waals surface area contributed by atoms with Crippen LogP contribution < -0.4 is 20.5 Å². The highest BCUT2D eigenvalue weighted by molar-refractivity contribution is 9.10. The molecule has 0 aliphatic carbocycles. The molecule has 29 heteroatoms. The molecule has 0 radical (unpaired) electrons. The largest absolute Gasteiger partial charge is 0.478 e. The standard InChI is InChI=1S/C35H46BrFN6O5S.C25H36BrN5O4S.C10H12FNO2/c1-33(2,3)27-17-16-26(30(37)40-27)31(44)42-49(46,47)29-11-9-10-28(41-29)39-25(18-24-15-13-23(36)20-38-24)14-12-22-19-35(7,8)43(21-22)32(45)48-34(4,5)6;1-24(2,3)35-23(32)31-16-17(14-25(31,4)5)9-11-20(13-19-12-10-18(26)15-28-19)29-21-7-6-8-22(30-21)36(27,33)34;1-10(2,3)7-5-4-6(9(13)14)8(11)12-7/h9-11,13,15-17,20,22,25H,12,14,18-19,21H2,1-8H3,(H,39,41)(H,42,44);6-8,10,12,15,17,20H,9,11,13-14,16H2,1-5H3,(H,29,30)(H2,27,33,34);4-5H,1-3H3,(H,13,14)/t22-,25?;17-,20?;/m00./s1. The van der Waals surface area contributed by atoms with Crippen molar-refractivity contribution in [3.8, 4) is 0 Å². The lowest BCUT2D eigenvalue weighted by Gasteiger charge is -2.33. The number of hydrogen-bond donors (Lipinski definition) is 5. The number of nitrogens with zero attached hydrogens (tertiary/aromatic N) is 8. The summed E-state index contributed by atoms with van der Waals surface area (Å²) >= 11 is 6.83. The molecule has 99 heavy (non-hydrogen) atoms. The summed E-state index contributed by atoms with van der Waals surface area (Å²) in [6.07, 6.45) is 8.77. The molecule has 3 amide bonds. The number of carboxylic acid groups (broad SMARTS) is 1. The molecular weight excluding hydrogens is 1450 g/mol. The van der Waals surface area contributed by atoms with E-state index in [2.05, 4.69) is 86.2 Å². The van der Waals surface area contributed by atoms with E-state index in [0.717, 1.165) is 52.4 Å². The molecule has 2 aliphatic heterocycles. The number of anilines is 2. The summed E-state index contributed by atoms with van der Waals surface area (Å²) in [5.41, 5.74) is -0.734. The van der Waals surface area contributed by atoms with E-state index in [1.54, 1.807) is 35.5 Å². The number of ether oxygens (including phenoxy) is 2. The second-order valence-corrected chi connectivity index (χ2v) is 35.2. The van der Waals surface area contributed by atoms with Gasteiger partial charge in [-0.1, -0.05) is 53.7 Å². The van der Waals surface area contributed by atoms with Crippen LogP contribution in [0, 0.1) is 23.7 Å². The van der Waals surface area contributed by atoms with Gasteiger partial charge >= 0.3 is 18.2 Å². The molecule has 6 N–H and O–H groups in total. The number of carbonyl (C=O) groups excluding carboxylic acids is 3. The number of rotatable bonds is 19. The van der Waals surface area contributed by atoms with Crippen LogP contribution in [-0.2, 0) is 53.2 Å². The Morgan fingerprint density at radius 1 is 0.596 bits per heavy atom. The first-order valence-electron chi connectivity index (χ1n) is 32.4. The van der Waals surface area contributed by atoms with Crippen molar-refractivity contribution in [2.24, 2.45) is 17.0 Å². The molecule has 8 heterocycles. The number of carbonyl (C=O) groups is 4. The average Bonchev–Trinajstić information content (AvgIpc) is 0.958. The first kappa shape index (κ1) is 80.6. The van der Waals surface area contributed by atoms with Crippen molar-refractivity contribution in [1.82, 2.24) is 44.4 Å². The summed E-state index contributed by atoms with van der Waals surface area (Å²) in [6.45, 7) is 31.8. The van der Waals surface area contributed by atoms with E-state index in [-0.39, 0.29) is 57.5 Å². The zero-order valence-electron chi connectivity index (χ0n) is 59.1. The van der Waals surface area contributed by atoms with Crippen LogP contribution in [0.2, 0.25) is 0 Å². The van der Waals surface area contributed by atoms with Crippen LogP contribution in [0.15, 0.2) is 116 Å². The number of nitrogens with one attached hydrogen (secondary N) is 3. The van der Waals surface area contributed by atoms with Gasteiger partial charge in [0.05, 0.1) is 5.56 Å². The van der Waals surface area contributed by atoms with Gasteiger partial charge in [0.25, 0.3) is 26.0 Å². The Morgan fingerprint density at radius 2 is 0.990 bits per heavy atom. The minimum absolute atomic E-state index is 0.0550. The SMILES string of the molecule is CC(C)(C)OC(=O)N1C[C@@H](CCC(Cc2ccc(Br)cn2)Nc2cccc(S(=O)(=O)NC(=O)c3ccc(C(C)(C)C)nc3F)n2)CC1(C)C.CC(C)(C)OC(=O)N1C[C@@H](CCC(Cc2ccc(Br)cn2)Nc2cccc(S(N)(=O)=O)n2)CC1(C)C.CC(C)(C)c1ccc(C(=O)O)c(F)n1. The number of aromatic carboxylic acids is 1. The molecule has 540 valence electrons. The summed E-state index contributed by atoms with van der Waals surface area (Å²) in [7, 11) is -8.37. The van der Waals surface area contributed by atoms with Crippen LogP contribution >= 0.6 is 31.9 Å². The Bertz CT molecular complexity index is 4050. The van der Waals surface area contributed by atoms with Crippen molar-refractivity contribution in [1.29, 1.82) is 0 Å². The maximum Gasteiger partial charge on any atom is 0.410 e. The second-order valence-electron chi connectivity index (χ2n) is 30.2. The lowest BCUT2D eigenvalue weighted by atomic mass is 9.91. The van der Waals surface area contributed by atoms with Gasteiger partial charge in [0.15, 0.2) is 10.1 Å². The fourth-order valence-corrected chi connectivity index (χ4v) is 13.2. The highest BCUT2D eigenvalue weighted by Gasteiger charge is 2.44. The monoisotopic (exact) mass is 1540 g/mol. The Hall–Kier alpha value is -7.34. The Morgan fingerprint density at radius 3 is 1.34 bits per heavy atom. The number of pyridine rings is 6. The van der Waals surface area contributed by atoms with E-state index in [4.69, 9.17) is 19.7 Å².